The molecular weight excluding hydrogens is 174 g/mol. The molecule has 2 rings (SSSR count). The van der Waals surface area contributed by atoms with E-state index in [1.807, 2.05) is 10.9 Å². The van der Waals surface area contributed by atoms with Gasteiger partial charge in [0.15, 0.2) is 0 Å². The van der Waals surface area contributed by atoms with E-state index < -0.39 is 0 Å². The zero-order valence-corrected chi connectivity index (χ0v) is 8.87. The van der Waals surface area contributed by atoms with Gasteiger partial charge in [0.05, 0.1) is 6.20 Å². The molecule has 1 aromatic heterocycles. The fourth-order valence-electron chi connectivity index (χ4n) is 2.05. The van der Waals surface area contributed by atoms with E-state index in [0.29, 0.717) is 0 Å². The van der Waals surface area contributed by atoms with E-state index >= 15 is 0 Å². The van der Waals surface area contributed by atoms with Crippen LogP contribution in [0.1, 0.15) is 31.7 Å². The average Bonchev–Trinajstić information content (AvgIpc) is 2.86. The van der Waals surface area contributed by atoms with Gasteiger partial charge in [0.1, 0.15) is 0 Å². The molecule has 0 spiro atoms. The lowest BCUT2D eigenvalue weighted by molar-refractivity contribution is 0.559. The first kappa shape index (κ1) is 9.71. The Morgan fingerprint density at radius 2 is 2.57 bits per heavy atom. The molecule has 0 aromatic carbocycles. The lowest BCUT2D eigenvalue weighted by Crippen LogP contribution is -2.21. The molecule has 0 amide bonds. The van der Waals surface area contributed by atoms with E-state index in [9.17, 15) is 0 Å². The quantitative estimate of drug-likeness (QED) is 0.787. The minimum Gasteiger partial charge on any atom is -0.314 e. The molecule has 3 heteroatoms. The van der Waals surface area contributed by atoms with Gasteiger partial charge >= 0.3 is 0 Å². The fraction of sp³-hybridized carbons (Fsp3) is 0.727. The van der Waals surface area contributed by atoms with E-state index in [1.54, 1.807) is 0 Å². The molecule has 3 nitrogen and oxygen atoms in total. The van der Waals surface area contributed by atoms with Crippen molar-refractivity contribution in [3.05, 3.63) is 18.0 Å². The van der Waals surface area contributed by atoms with Crippen LogP contribution in [-0.2, 0) is 13.0 Å². The maximum atomic E-state index is 4.28. The molecular formula is C11H19N3. The third kappa shape index (κ3) is 2.35. The second-order valence-corrected chi connectivity index (χ2v) is 4.04. The maximum absolute atomic E-state index is 4.28. The molecule has 1 atom stereocenters. The third-order valence-corrected chi connectivity index (χ3v) is 2.95. The third-order valence-electron chi connectivity index (χ3n) is 2.95. The van der Waals surface area contributed by atoms with Crippen molar-refractivity contribution in [3.8, 4) is 0 Å². The van der Waals surface area contributed by atoms with Gasteiger partial charge in [-0.1, -0.05) is 0 Å². The Hall–Kier alpha value is -0.830. The number of nitrogens with one attached hydrogen (secondary N) is 1. The first-order valence-electron chi connectivity index (χ1n) is 5.63. The van der Waals surface area contributed by atoms with Crippen molar-refractivity contribution in [3.63, 3.8) is 0 Å². The number of hydrogen-bond acceptors (Lipinski definition) is 2. The highest BCUT2D eigenvalue weighted by molar-refractivity contribution is 5.04. The molecule has 1 saturated heterocycles. The molecule has 78 valence electrons. The van der Waals surface area contributed by atoms with Crippen molar-refractivity contribution in [2.24, 2.45) is 0 Å². The van der Waals surface area contributed by atoms with Gasteiger partial charge in [-0.3, -0.25) is 4.68 Å². The summed E-state index contributed by atoms with van der Waals surface area (Å²) < 4.78 is 2.00. The summed E-state index contributed by atoms with van der Waals surface area (Å²) in [4.78, 5) is 0. The van der Waals surface area contributed by atoms with Crippen LogP contribution in [0.4, 0.5) is 0 Å². The first-order chi connectivity index (χ1) is 6.88. The smallest absolute Gasteiger partial charge is 0.0521 e. The molecule has 0 radical (unpaired) electrons. The zero-order chi connectivity index (χ0) is 9.80. The number of aryl methyl sites for hydroxylation is 2. The van der Waals surface area contributed by atoms with Gasteiger partial charge < -0.3 is 5.32 Å². The van der Waals surface area contributed by atoms with Crippen LogP contribution in [0.3, 0.4) is 0 Å². The minimum absolute atomic E-state index is 0.750. The summed E-state index contributed by atoms with van der Waals surface area (Å²) in [5.41, 5.74) is 1.38. The van der Waals surface area contributed by atoms with Crippen LogP contribution in [-0.4, -0.2) is 22.4 Å². The second-order valence-electron chi connectivity index (χ2n) is 4.04. The fourth-order valence-corrected chi connectivity index (χ4v) is 2.05. The Morgan fingerprint density at radius 3 is 3.21 bits per heavy atom. The Balaban J connectivity index is 1.79. The van der Waals surface area contributed by atoms with Gasteiger partial charge in [0, 0.05) is 18.8 Å². The molecule has 1 unspecified atom stereocenters. The van der Waals surface area contributed by atoms with Crippen molar-refractivity contribution in [1.29, 1.82) is 0 Å². The lowest BCUT2D eigenvalue weighted by Gasteiger charge is -2.07. The van der Waals surface area contributed by atoms with Gasteiger partial charge in [-0.05, 0) is 44.7 Å². The standard InChI is InChI=1S/C11H19N3/c1-2-14-9-10(8-13-14)5-6-11-4-3-7-12-11/h8-9,11-12H,2-7H2,1H3. The van der Waals surface area contributed by atoms with E-state index in [1.165, 1.54) is 31.4 Å². The van der Waals surface area contributed by atoms with Crippen molar-refractivity contribution < 1.29 is 0 Å². The highest BCUT2D eigenvalue weighted by atomic mass is 15.3. The van der Waals surface area contributed by atoms with E-state index in [-0.39, 0.29) is 0 Å². The molecule has 1 aromatic rings. The van der Waals surface area contributed by atoms with Gasteiger partial charge in [0.25, 0.3) is 0 Å². The molecule has 2 heterocycles. The van der Waals surface area contributed by atoms with Gasteiger partial charge in [0.2, 0.25) is 0 Å². The summed E-state index contributed by atoms with van der Waals surface area (Å²) in [7, 11) is 0. The Labute approximate surface area is 85.5 Å². The van der Waals surface area contributed by atoms with Crippen LogP contribution in [0.2, 0.25) is 0 Å². The van der Waals surface area contributed by atoms with Crippen molar-refractivity contribution in [1.82, 2.24) is 15.1 Å². The summed E-state index contributed by atoms with van der Waals surface area (Å²) in [5, 5.41) is 7.80. The summed E-state index contributed by atoms with van der Waals surface area (Å²) in [6.07, 6.45) is 9.28. The van der Waals surface area contributed by atoms with Crippen LogP contribution in [0, 0.1) is 0 Å². The van der Waals surface area contributed by atoms with E-state index in [2.05, 4.69) is 23.5 Å². The van der Waals surface area contributed by atoms with E-state index in [4.69, 9.17) is 0 Å². The predicted molar refractivity (Wildman–Crippen MR) is 57.2 cm³/mol. The average molecular weight is 193 g/mol. The molecule has 0 saturated carbocycles. The summed E-state index contributed by atoms with van der Waals surface area (Å²) in [6.45, 7) is 4.30. The molecule has 1 fully saturated rings. The molecule has 0 aliphatic carbocycles. The number of hydrogen-bond donors (Lipinski definition) is 1. The Kier molecular flexibility index (Phi) is 3.19. The van der Waals surface area contributed by atoms with Crippen molar-refractivity contribution in [2.75, 3.05) is 6.54 Å². The minimum atomic E-state index is 0.750. The predicted octanol–water partition coefficient (Wildman–Crippen LogP) is 1.59. The van der Waals surface area contributed by atoms with Crippen LogP contribution < -0.4 is 5.32 Å². The Bertz CT molecular complexity index is 274. The lowest BCUT2D eigenvalue weighted by atomic mass is 10.1. The molecule has 14 heavy (non-hydrogen) atoms. The van der Waals surface area contributed by atoms with Crippen LogP contribution in [0.5, 0.6) is 0 Å². The van der Waals surface area contributed by atoms with Crippen LogP contribution >= 0.6 is 0 Å². The number of nitrogens with zero attached hydrogens (tertiary/aromatic N) is 2. The van der Waals surface area contributed by atoms with Crippen LogP contribution in [0.15, 0.2) is 12.4 Å². The molecule has 1 aliphatic rings. The SMILES string of the molecule is CCn1cc(CCC2CCCN2)cn1. The van der Waals surface area contributed by atoms with Gasteiger partial charge in [-0.25, -0.2) is 0 Å². The van der Waals surface area contributed by atoms with Gasteiger partial charge in [-0.2, -0.15) is 5.10 Å². The normalized spacial score (nSPS) is 21.6. The maximum Gasteiger partial charge on any atom is 0.0521 e. The number of rotatable bonds is 4. The monoisotopic (exact) mass is 193 g/mol. The topological polar surface area (TPSA) is 29.9 Å². The molecule has 1 N–H and O–H groups in total. The molecule has 1 aliphatic heterocycles. The zero-order valence-electron chi connectivity index (χ0n) is 8.87. The molecule has 0 bridgehead atoms. The van der Waals surface area contributed by atoms with Crippen molar-refractivity contribution in [2.45, 2.75) is 45.2 Å². The summed E-state index contributed by atoms with van der Waals surface area (Å²) in [6, 6.07) is 0.750. The number of aromatic nitrogens is 2. The largest absolute Gasteiger partial charge is 0.314 e. The second kappa shape index (κ2) is 4.60. The highest BCUT2D eigenvalue weighted by Crippen LogP contribution is 2.12. The van der Waals surface area contributed by atoms with Gasteiger partial charge in [-0.15, -0.1) is 0 Å². The van der Waals surface area contributed by atoms with E-state index in [0.717, 1.165) is 19.0 Å². The first-order valence-corrected chi connectivity index (χ1v) is 5.63. The van der Waals surface area contributed by atoms with Crippen molar-refractivity contribution >= 4 is 0 Å². The highest BCUT2D eigenvalue weighted by Gasteiger charge is 2.13. The summed E-state index contributed by atoms with van der Waals surface area (Å²) >= 11 is 0. The van der Waals surface area contributed by atoms with Crippen LogP contribution in [0.25, 0.3) is 0 Å². The summed E-state index contributed by atoms with van der Waals surface area (Å²) in [5.74, 6) is 0. The Morgan fingerprint density at radius 1 is 1.64 bits per heavy atom.